The number of aryl methyl sites for hydroxylation is 1. The lowest BCUT2D eigenvalue weighted by Gasteiger charge is -2.13. The minimum Gasteiger partial charge on any atom is -0.491 e. The van der Waals surface area contributed by atoms with E-state index in [0.29, 0.717) is 29.2 Å². The first-order valence-corrected chi connectivity index (χ1v) is 12.3. The summed E-state index contributed by atoms with van der Waals surface area (Å²) >= 11 is 0. The maximum atomic E-state index is 13.9. The van der Waals surface area contributed by atoms with Gasteiger partial charge in [-0.05, 0) is 73.9 Å². The number of sulfonamides is 1. The fourth-order valence-electron chi connectivity index (χ4n) is 3.58. The van der Waals surface area contributed by atoms with Crippen LogP contribution in [0.25, 0.3) is 0 Å². The van der Waals surface area contributed by atoms with Crippen molar-refractivity contribution in [3.8, 4) is 5.75 Å². The molecule has 3 aromatic rings. The van der Waals surface area contributed by atoms with Crippen molar-refractivity contribution in [3.63, 3.8) is 0 Å². The van der Waals surface area contributed by atoms with Crippen LogP contribution in [-0.4, -0.2) is 33.6 Å². The largest absolute Gasteiger partial charge is 0.491 e. The molecule has 4 rings (SSSR count). The Balaban J connectivity index is 1.44. The van der Waals surface area contributed by atoms with Crippen molar-refractivity contribution in [2.75, 3.05) is 23.3 Å². The summed E-state index contributed by atoms with van der Waals surface area (Å²) in [6.45, 7) is 2.85. The number of carbonyl (C=O) groups is 1. The second-order valence-corrected chi connectivity index (χ2v) is 9.64. The minimum absolute atomic E-state index is 0.0635. The van der Waals surface area contributed by atoms with Gasteiger partial charge in [0.05, 0.1) is 16.7 Å². The summed E-state index contributed by atoms with van der Waals surface area (Å²) in [6, 6.07) is 16.7. The summed E-state index contributed by atoms with van der Waals surface area (Å²) < 4.78 is 53.2. The highest BCUT2D eigenvalue weighted by Crippen LogP contribution is 2.25. The van der Waals surface area contributed by atoms with E-state index in [1.165, 1.54) is 30.3 Å². The third kappa shape index (κ3) is 5.73. The number of para-hydroxylation sites is 1. The van der Waals surface area contributed by atoms with E-state index in [0.717, 1.165) is 19.4 Å². The van der Waals surface area contributed by atoms with Gasteiger partial charge in [-0.2, -0.15) is 0 Å². The van der Waals surface area contributed by atoms with E-state index < -0.39 is 21.7 Å². The Labute approximate surface area is 198 Å². The highest BCUT2D eigenvalue weighted by Gasteiger charge is 2.20. The monoisotopic (exact) mass is 484 g/mol. The van der Waals surface area contributed by atoms with Crippen molar-refractivity contribution in [1.82, 2.24) is 0 Å². The molecule has 1 fully saturated rings. The lowest BCUT2D eigenvalue weighted by Crippen LogP contribution is -2.17. The van der Waals surface area contributed by atoms with Crippen molar-refractivity contribution in [2.24, 2.45) is 0 Å². The van der Waals surface area contributed by atoms with E-state index in [1.807, 2.05) is 0 Å². The molecule has 178 valence electrons. The zero-order chi connectivity index (χ0) is 24.1. The summed E-state index contributed by atoms with van der Waals surface area (Å²) in [5.41, 5.74) is 0.981. The van der Waals surface area contributed by atoms with Gasteiger partial charge < -0.3 is 14.8 Å². The van der Waals surface area contributed by atoms with Gasteiger partial charge in [-0.1, -0.05) is 18.2 Å². The number of halogens is 1. The highest BCUT2D eigenvalue weighted by molar-refractivity contribution is 7.92. The van der Waals surface area contributed by atoms with Crippen LogP contribution in [0.3, 0.4) is 0 Å². The Morgan fingerprint density at radius 3 is 2.59 bits per heavy atom. The molecule has 0 aromatic heterocycles. The SMILES string of the molecule is Cc1ccc(NC(=O)c2ccc(OC[C@H]3CCCO3)cc2)cc1S(=O)(=O)Nc1ccccc1F. The Bertz CT molecular complexity index is 1270. The predicted octanol–water partition coefficient (Wildman–Crippen LogP) is 4.75. The number of rotatable bonds is 8. The van der Waals surface area contributed by atoms with Gasteiger partial charge in [-0.25, -0.2) is 12.8 Å². The average Bonchev–Trinajstić information content (AvgIpc) is 3.34. The highest BCUT2D eigenvalue weighted by atomic mass is 32.2. The van der Waals surface area contributed by atoms with Crippen LogP contribution in [-0.2, 0) is 14.8 Å². The van der Waals surface area contributed by atoms with Gasteiger partial charge in [0.1, 0.15) is 18.2 Å². The molecule has 0 bridgehead atoms. The lowest BCUT2D eigenvalue weighted by molar-refractivity contribution is 0.0679. The molecule has 0 radical (unpaired) electrons. The molecular formula is C25H25FN2O5S. The van der Waals surface area contributed by atoms with Gasteiger partial charge in [-0.15, -0.1) is 0 Å². The molecule has 0 spiro atoms. The van der Waals surface area contributed by atoms with Crippen LogP contribution in [0.15, 0.2) is 71.6 Å². The number of hydrogen-bond donors (Lipinski definition) is 2. The van der Waals surface area contributed by atoms with Gasteiger partial charge in [0.15, 0.2) is 0 Å². The summed E-state index contributed by atoms with van der Waals surface area (Å²) in [7, 11) is -4.08. The van der Waals surface area contributed by atoms with Crippen molar-refractivity contribution in [2.45, 2.75) is 30.8 Å². The zero-order valence-electron chi connectivity index (χ0n) is 18.6. The molecule has 2 N–H and O–H groups in total. The van der Waals surface area contributed by atoms with E-state index in [9.17, 15) is 17.6 Å². The number of anilines is 2. The maximum absolute atomic E-state index is 13.9. The number of carbonyl (C=O) groups excluding carboxylic acids is 1. The number of ether oxygens (including phenoxy) is 2. The number of benzene rings is 3. The first-order valence-electron chi connectivity index (χ1n) is 10.9. The van der Waals surface area contributed by atoms with E-state index in [2.05, 4.69) is 10.0 Å². The molecule has 1 atom stereocenters. The number of hydrogen-bond acceptors (Lipinski definition) is 5. The first kappa shape index (κ1) is 23.7. The third-order valence-corrected chi connectivity index (χ3v) is 6.94. The van der Waals surface area contributed by atoms with Gasteiger partial charge >= 0.3 is 0 Å². The van der Waals surface area contributed by atoms with Crippen molar-refractivity contribution < 1.29 is 27.1 Å². The fourth-order valence-corrected chi connectivity index (χ4v) is 4.92. The second kappa shape index (κ2) is 10.2. The Morgan fingerprint density at radius 2 is 1.88 bits per heavy atom. The van der Waals surface area contributed by atoms with Crippen molar-refractivity contribution in [3.05, 3.63) is 83.7 Å². The molecule has 0 saturated carbocycles. The van der Waals surface area contributed by atoms with Gasteiger partial charge in [0.2, 0.25) is 0 Å². The molecule has 1 aliphatic heterocycles. The van der Waals surface area contributed by atoms with Gasteiger partial charge in [0, 0.05) is 17.9 Å². The van der Waals surface area contributed by atoms with Gasteiger partial charge in [0.25, 0.3) is 15.9 Å². The van der Waals surface area contributed by atoms with Crippen molar-refractivity contribution >= 4 is 27.3 Å². The molecule has 0 unspecified atom stereocenters. The van der Waals surface area contributed by atoms with Crippen LogP contribution >= 0.6 is 0 Å². The number of nitrogens with one attached hydrogen (secondary N) is 2. The van der Waals surface area contributed by atoms with E-state index in [4.69, 9.17) is 9.47 Å². The van der Waals surface area contributed by atoms with Crippen LogP contribution in [0, 0.1) is 12.7 Å². The zero-order valence-corrected chi connectivity index (χ0v) is 19.4. The fraction of sp³-hybridized carbons (Fsp3) is 0.240. The molecule has 1 aliphatic rings. The molecule has 0 aliphatic carbocycles. The van der Waals surface area contributed by atoms with Crippen LogP contribution in [0.4, 0.5) is 15.8 Å². The lowest BCUT2D eigenvalue weighted by atomic mass is 10.2. The molecule has 34 heavy (non-hydrogen) atoms. The smallest absolute Gasteiger partial charge is 0.262 e. The second-order valence-electron chi connectivity index (χ2n) is 7.99. The van der Waals surface area contributed by atoms with E-state index >= 15 is 0 Å². The summed E-state index contributed by atoms with van der Waals surface area (Å²) in [5.74, 6) is -0.452. The van der Waals surface area contributed by atoms with Crippen LogP contribution in [0.5, 0.6) is 5.75 Å². The standard InChI is InChI=1S/C25H25FN2O5S/c1-17-8-11-19(15-24(17)34(30,31)28-23-7-3-2-6-22(23)26)27-25(29)18-9-12-20(13-10-18)33-16-21-5-4-14-32-21/h2-3,6-13,15,21,28H,4-5,14,16H2,1H3,(H,27,29)/t21-/m1/s1. The molecule has 9 heteroatoms. The predicted molar refractivity (Wildman–Crippen MR) is 127 cm³/mol. The molecular weight excluding hydrogens is 459 g/mol. The molecule has 3 aromatic carbocycles. The maximum Gasteiger partial charge on any atom is 0.262 e. The Kier molecular flexibility index (Phi) is 7.14. The number of amides is 1. The van der Waals surface area contributed by atoms with E-state index in [1.54, 1.807) is 43.3 Å². The summed E-state index contributed by atoms with van der Waals surface area (Å²) in [5, 5.41) is 2.70. The van der Waals surface area contributed by atoms with E-state index in [-0.39, 0.29) is 16.7 Å². The minimum atomic E-state index is -4.08. The van der Waals surface area contributed by atoms with Crippen LogP contribution < -0.4 is 14.8 Å². The molecule has 7 nitrogen and oxygen atoms in total. The summed E-state index contributed by atoms with van der Waals surface area (Å²) in [6.07, 6.45) is 2.11. The first-order chi connectivity index (χ1) is 16.3. The quantitative estimate of drug-likeness (QED) is 0.482. The molecule has 1 heterocycles. The average molecular weight is 485 g/mol. The van der Waals surface area contributed by atoms with Gasteiger partial charge in [-0.3, -0.25) is 9.52 Å². The summed E-state index contributed by atoms with van der Waals surface area (Å²) in [4.78, 5) is 12.6. The normalized spacial score (nSPS) is 15.6. The van der Waals surface area contributed by atoms with Crippen molar-refractivity contribution in [1.29, 1.82) is 0 Å². The van der Waals surface area contributed by atoms with Crippen LogP contribution in [0.2, 0.25) is 0 Å². The molecule has 1 amide bonds. The van der Waals surface area contributed by atoms with Crippen LogP contribution in [0.1, 0.15) is 28.8 Å². The third-order valence-electron chi connectivity index (χ3n) is 5.43. The topological polar surface area (TPSA) is 93.7 Å². The Morgan fingerprint density at radius 1 is 1.12 bits per heavy atom. The molecule has 1 saturated heterocycles. The Hall–Kier alpha value is -3.43.